The molecule has 0 aromatic heterocycles. The molecule has 0 aliphatic heterocycles. The zero-order valence-electron chi connectivity index (χ0n) is 9.16. The largest absolute Gasteiger partial charge is 0.496 e. The zero-order chi connectivity index (χ0) is 12.3. The van der Waals surface area contributed by atoms with Gasteiger partial charge in [0.25, 0.3) is 0 Å². The van der Waals surface area contributed by atoms with Crippen molar-refractivity contribution in [2.75, 3.05) is 7.11 Å². The van der Waals surface area contributed by atoms with Gasteiger partial charge in [-0.1, -0.05) is 6.07 Å². The molecule has 0 bridgehead atoms. The average Bonchev–Trinajstić information content (AvgIpc) is 2.20. The fourth-order valence-electron chi connectivity index (χ4n) is 1.43. The van der Waals surface area contributed by atoms with Gasteiger partial charge in [-0.05, 0) is 40.0 Å². The minimum atomic E-state index is -0.910. The number of methoxy groups -OCH3 is 1. The molecule has 0 heterocycles. The van der Waals surface area contributed by atoms with E-state index < -0.39 is 12.0 Å². The fourth-order valence-corrected chi connectivity index (χ4v) is 1.82. The lowest BCUT2D eigenvalue weighted by Crippen LogP contribution is -2.15. The Bertz CT molecular complexity index is 406. The Morgan fingerprint density at radius 3 is 2.75 bits per heavy atom. The van der Waals surface area contributed by atoms with Crippen LogP contribution in [0, 0.1) is 6.92 Å². The van der Waals surface area contributed by atoms with Crippen molar-refractivity contribution >= 4 is 21.9 Å². The van der Waals surface area contributed by atoms with Crippen molar-refractivity contribution in [1.29, 1.82) is 0 Å². The highest BCUT2D eigenvalue weighted by atomic mass is 79.9. The minimum absolute atomic E-state index is 0.0930. The Kier molecular flexibility index (Phi) is 4.32. The molecule has 88 valence electrons. The predicted octanol–water partition coefficient (Wildman–Crippen LogP) is 2.24. The first-order valence-corrected chi connectivity index (χ1v) is 5.56. The molecule has 0 radical (unpaired) electrons. The number of carboxylic acid groups (broad SMARTS) is 1. The fraction of sp³-hybridized carbons (Fsp3) is 0.364. The number of benzene rings is 1. The summed E-state index contributed by atoms with van der Waals surface area (Å²) in [6.45, 7) is 1.91. The molecule has 0 fully saturated rings. The number of carboxylic acids is 1. The summed E-state index contributed by atoms with van der Waals surface area (Å²) in [7, 11) is 1.56. The standard InChI is InChI=1S/C11H14BrNO3/c1-6-3-7(8(13)5-10(14)15)4-9(16-2)11(6)12/h3-4,8H,5,13H2,1-2H3,(H,14,15). The van der Waals surface area contributed by atoms with Crippen LogP contribution in [-0.4, -0.2) is 18.2 Å². The molecule has 4 nitrogen and oxygen atoms in total. The van der Waals surface area contributed by atoms with Crippen LogP contribution in [0.3, 0.4) is 0 Å². The van der Waals surface area contributed by atoms with Crippen molar-refractivity contribution in [3.63, 3.8) is 0 Å². The number of halogens is 1. The third-order valence-corrected chi connectivity index (χ3v) is 3.30. The van der Waals surface area contributed by atoms with Crippen molar-refractivity contribution < 1.29 is 14.6 Å². The summed E-state index contributed by atoms with van der Waals surface area (Å²) in [4.78, 5) is 10.6. The molecule has 0 aliphatic carbocycles. The molecule has 0 aliphatic rings. The van der Waals surface area contributed by atoms with E-state index in [-0.39, 0.29) is 6.42 Å². The Balaban J connectivity index is 3.05. The molecule has 1 rings (SSSR count). The Labute approximate surface area is 103 Å². The van der Waals surface area contributed by atoms with Gasteiger partial charge in [-0.2, -0.15) is 0 Å². The van der Waals surface area contributed by atoms with Crippen LogP contribution in [0.2, 0.25) is 0 Å². The highest BCUT2D eigenvalue weighted by molar-refractivity contribution is 9.10. The van der Waals surface area contributed by atoms with Crippen LogP contribution in [0.25, 0.3) is 0 Å². The second kappa shape index (κ2) is 5.32. The van der Waals surface area contributed by atoms with Crippen LogP contribution in [0.5, 0.6) is 5.75 Å². The van der Waals surface area contributed by atoms with Crippen molar-refractivity contribution in [2.24, 2.45) is 5.73 Å². The van der Waals surface area contributed by atoms with Gasteiger partial charge < -0.3 is 15.6 Å². The molecule has 0 saturated carbocycles. The van der Waals surface area contributed by atoms with E-state index in [4.69, 9.17) is 15.6 Å². The van der Waals surface area contributed by atoms with Gasteiger partial charge in [0.1, 0.15) is 5.75 Å². The Morgan fingerprint density at radius 1 is 1.62 bits per heavy atom. The molecule has 16 heavy (non-hydrogen) atoms. The molecule has 1 aromatic carbocycles. The summed E-state index contributed by atoms with van der Waals surface area (Å²) in [5.41, 5.74) is 7.52. The first-order chi connectivity index (χ1) is 7.45. The van der Waals surface area contributed by atoms with Gasteiger partial charge in [-0.3, -0.25) is 4.79 Å². The topological polar surface area (TPSA) is 72.5 Å². The normalized spacial score (nSPS) is 12.2. The number of carbonyl (C=O) groups is 1. The first kappa shape index (κ1) is 13.0. The average molecular weight is 288 g/mol. The number of hydrogen-bond donors (Lipinski definition) is 2. The van der Waals surface area contributed by atoms with Gasteiger partial charge in [0.05, 0.1) is 18.0 Å². The second-order valence-corrected chi connectivity index (χ2v) is 4.35. The summed E-state index contributed by atoms with van der Waals surface area (Å²) in [5, 5.41) is 8.68. The van der Waals surface area contributed by atoms with Crippen molar-refractivity contribution in [2.45, 2.75) is 19.4 Å². The van der Waals surface area contributed by atoms with Crippen molar-refractivity contribution in [1.82, 2.24) is 0 Å². The van der Waals surface area contributed by atoms with E-state index in [1.54, 1.807) is 13.2 Å². The maximum absolute atomic E-state index is 10.6. The molecule has 0 saturated heterocycles. The zero-order valence-corrected chi connectivity index (χ0v) is 10.7. The van der Waals surface area contributed by atoms with Crippen LogP contribution >= 0.6 is 15.9 Å². The van der Waals surface area contributed by atoms with E-state index in [0.29, 0.717) is 5.75 Å². The number of rotatable bonds is 4. The van der Waals surface area contributed by atoms with E-state index in [9.17, 15) is 4.79 Å². The Hall–Kier alpha value is -1.07. The van der Waals surface area contributed by atoms with Gasteiger partial charge in [0, 0.05) is 6.04 Å². The minimum Gasteiger partial charge on any atom is -0.496 e. The molecule has 0 amide bonds. The molecular weight excluding hydrogens is 274 g/mol. The number of ether oxygens (including phenoxy) is 1. The van der Waals surface area contributed by atoms with E-state index in [1.807, 2.05) is 13.0 Å². The summed E-state index contributed by atoms with van der Waals surface area (Å²) in [5.74, 6) is -0.247. The van der Waals surface area contributed by atoms with Gasteiger partial charge in [0.2, 0.25) is 0 Å². The van der Waals surface area contributed by atoms with Gasteiger partial charge in [0.15, 0.2) is 0 Å². The second-order valence-electron chi connectivity index (χ2n) is 3.56. The van der Waals surface area contributed by atoms with E-state index in [1.165, 1.54) is 0 Å². The van der Waals surface area contributed by atoms with Gasteiger partial charge >= 0.3 is 5.97 Å². The SMILES string of the molecule is COc1cc(C(N)CC(=O)O)cc(C)c1Br. The summed E-state index contributed by atoms with van der Waals surface area (Å²) >= 11 is 3.39. The van der Waals surface area contributed by atoms with Crippen LogP contribution in [0.1, 0.15) is 23.6 Å². The third kappa shape index (κ3) is 2.96. The van der Waals surface area contributed by atoms with Crippen LogP contribution in [0.4, 0.5) is 0 Å². The highest BCUT2D eigenvalue weighted by Gasteiger charge is 2.14. The molecule has 1 unspecified atom stereocenters. The first-order valence-electron chi connectivity index (χ1n) is 4.77. The number of aliphatic carboxylic acids is 1. The quantitative estimate of drug-likeness (QED) is 0.891. The van der Waals surface area contributed by atoms with E-state index >= 15 is 0 Å². The lowest BCUT2D eigenvalue weighted by Gasteiger charge is -2.14. The molecule has 1 atom stereocenters. The maximum atomic E-state index is 10.6. The van der Waals surface area contributed by atoms with Crippen LogP contribution in [0.15, 0.2) is 16.6 Å². The maximum Gasteiger partial charge on any atom is 0.305 e. The van der Waals surface area contributed by atoms with Crippen LogP contribution in [-0.2, 0) is 4.79 Å². The van der Waals surface area contributed by atoms with E-state index in [2.05, 4.69) is 15.9 Å². The van der Waals surface area contributed by atoms with E-state index in [0.717, 1.165) is 15.6 Å². The molecule has 3 N–H and O–H groups in total. The smallest absolute Gasteiger partial charge is 0.305 e. The molecule has 5 heteroatoms. The van der Waals surface area contributed by atoms with Crippen LogP contribution < -0.4 is 10.5 Å². The summed E-state index contributed by atoms with van der Waals surface area (Å²) in [6, 6.07) is 3.10. The molecule has 1 aromatic rings. The molecular formula is C11H14BrNO3. The number of aryl methyl sites for hydroxylation is 1. The van der Waals surface area contributed by atoms with Gasteiger partial charge in [-0.25, -0.2) is 0 Å². The third-order valence-electron chi connectivity index (χ3n) is 2.29. The lowest BCUT2D eigenvalue weighted by molar-refractivity contribution is -0.137. The summed E-state index contributed by atoms with van der Waals surface area (Å²) in [6.07, 6.45) is -0.0930. The lowest BCUT2D eigenvalue weighted by atomic mass is 10.0. The van der Waals surface area contributed by atoms with Gasteiger partial charge in [-0.15, -0.1) is 0 Å². The predicted molar refractivity (Wildman–Crippen MR) is 64.6 cm³/mol. The molecule has 0 spiro atoms. The number of nitrogens with two attached hydrogens (primary N) is 1. The summed E-state index contributed by atoms with van der Waals surface area (Å²) < 4.78 is 6.03. The Morgan fingerprint density at radius 2 is 2.25 bits per heavy atom. The van der Waals surface area contributed by atoms with Crippen molar-refractivity contribution in [3.05, 3.63) is 27.7 Å². The number of hydrogen-bond acceptors (Lipinski definition) is 3. The highest BCUT2D eigenvalue weighted by Crippen LogP contribution is 2.31. The monoisotopic (exact) mass is 287 g/mol. The van der Waals surface area contributed by atoms with Crippen molar-refractivity contribution in [3.8, 4) is 5.75 Å².